The van der Waals surface area contributed by atoms with Crippen molar-refractivity contribution in [2.24, 2.45) is 5.92 Å². The molecule has 0 spiro atoms. The summed E-state index contributed by atoms with van der Waals surface area (Å²) in [4.78, 5) is 27.6. The van der Waals surface area contributed by atoms with Crippen LogP contribution in [-0.4, -0.2) is 54.9 Å². The molecule has 3 unspecified atom stereocenters. The quantitative estimate of drug-likeness (QED) is 0.529. The van der Waals surface area contributed by atoms with Gasteiger partial charge < -0.3 is 20.4 Å². The summed E-state index contributed by atoms with van der Waals surface area (Å²) in [6, 6.07) is 8.14. The van der Waals surface area contributed by atoms with Crippen molar-refractivity contribution in [3.63, 3.8) is 0 Å². The molecule has 0 radical (unpaired) electrons. The molecule has 10 heteroatoms. The lowest BCUT2D eigenvalue weighted by Crippen LogP contribution is -2.45. The van der Waals surface area contributed by atoms with Crippen molar-refractivity contribution in [3.8, 4) is 0 Å². The number of ether oxygens (including phenoxy) is 1. The molecule has 35 heavy (non-hydrogen) atoms. The van der Waals surface area contributed by atoms with E-state index in [1.54, 1.807) is 12.1 Å². The molecule has 5 rings (SSSR count). The number of anilines is 1. The van der Waals surface area contributed by atoms with E-state index in [0.29, 0.717) is 30.8 Å². The van der Waals surface area contributed by atoms with Crippen LogP contribution in [0.4, 0.5) is 5.69 Å². The molecular weight excluding hydrogens is 468 g/mol. The number of carbonyl (C=O) groups excluding carboxylic acids is 2. The van der Waals surface area contributed by atoms with Gasteiger partial charge in [0.2, 0.25) is 15.9 Å². The Labute approximate surface area is 205 Å². The summed E-state index contributed by atoms with van der Waals surface area (Å²) in [5.41, 5.74) is 3.38. The summed E-state index contributed by atoms with van der Waals surface area (Å²) in [6.07, 6.45) is 6.04. The highest BCUT2D eigenvalue weighted by molar-refractivity contribution is 7.89. The Hall–Kier alpha value is -2.95. The Bertz CT molecular complexity index is 1210. The zero-order chi connectivity index (χ0) is 24.6. The zero-order valence-corrected chi connectivity index (χ0v) is 20.3. The van der Waals surface area contributed by atoms with Gasteiger partial charge in [0, 0.05) is 24.5 Å². The number of aromatic nitrogens is 1. The maximum absolute atomic E-state index is 13.2. The first-order chi connectivity index (χ1) is 16.8. The van der Waals surface area contributed by atoms with Crippen LogP contribution < -0.4 is 10.6 Å². The molecule has 1 aromatic carbocycles. The molecule has 1 aliphatic carbocycles. The molecule has 1 aromatic heterocycles. The molecule has 0 saturated carbocycles. The van der Waals surface area contributed by atoms with Gasteiger partial charge in [0.15, 0.2) is 0 Å². The monoisotopic (exact) mass is 498 g/mol. The van der Waals surface area contributed by atoms with Crippen LogP contribution in [0.1, 0.15) is 47.4 Å². The molecule has 0 bridgehead atoms. The van der Waals surface area contributed by atoms with Gasteiger partial charge in [0.25, 0.3) is 5.91 Å². The Balaban J connectivity index is 1.22. The fourth-order valence-corrected chi connectivity index (χ4v) is 6.68. The van der Waals surface area contributed by atoms with Gasteiger partial charge in [-0.25, -0.2) is 8.42 Å². The number of nitrogens with zero attached hydrogens (tertiary/aromatic N) is 1. The summed E-state index contributed by atoms with van der Waals surface area (Å²) in [5, 5.41) is 5.57. The largest absolute Gasteiger partial charge is 0.354 e. The third-order valence-corrected chi connectivity index (χ3v) is 8.99. The summed E-state index contributed by atoms with van der Waals surface area (Å²) in [7, 11) is -3.71. The summed E-state index contributed by atoms with van der Waals surface area (Å²) >= 11 is 0. The SMILES string of the molecule is C=CC(=O)NC1CC2CCN(S(=O)(=O)c3ccc(NC(=O)c4cc5c([nH]4)CCCC5)cc3)CC2O1. The number of rotatable bonds is 6. The maximum atomic E-state index is 13.2. The van der Waals surface area contributed by atoms with Crippen molar-refractivity contribution < 1.29 is 22.7 Å². The number of aromatic amines is 1. The van der Waals surface area contributed by atoms with Crippen LogP contribution in [0.25, 0.3) is 0 Å². The van der Waals surface area contributed by atoms with Crippen molar-refractivity contribution in [2.45, 2.75) is 55.8 Å². The fraction of sp³-hybridized carbons (Fsp3) is 0.440. The van der Waals surface area contributed by atoms with E-state index in [1.165, 1.54) is 28.1 Å². The van der Waals surface area contributed by atoms with Crippen LogP contribution in [0.15, 0.2) is 47.9 Å². The zero-order valence-electron chi connectivity index (χ0n) is 19.5. The smallest absolute Gasteiger partial charge is 0.272 e. The molecule has 2 fully saturated rings. The number of sulfonamides is 1. The predicted molar refractivity (Wildman–Crippen MR) is 130 cm³/mol. The normalized spacial score (nSPS) is 24.3. The van der Waals surface area contributed by atoms with Gasteiger partial charge in [0.05, 0.1) is 11.0 Å². The van der Waals surface area contributed by atoms with Crippen molar-refractivity contribution in [1.29, 1.82) is 0 Å². The second-order valence-electron chi connectivity index (χ2n) is 9.40. The number of aryl methyl sites for hydroxylation is 2. The molecule has 2 amide bonds. The molecule has 186 valence electrons. The van der Waals surface area contributed by atoms with Gasteiger partial charge in [-0.05, 0) is 86.4 Å². The topological polar surface area (TPSA) is 121 Å². The van der Waals surface area contributed by atoms with Gasteiger partial charge >= 0.3 is 0 Å². The molecule has 3 heterocycles. The number of benzene rings is 1. The summed E-state index contributed by atoms with van der Waals surface area (Å²) in [6.45, 7) is 4.08. The number of nitrogens with one attached hydrogen (secondary N) is 3. The molecule has 9 nitrogen and oxygen atoms in total. The van der Waals surface area contributed by atoms with Gasteiger partial charge in [-0.1, -0.05) is 6.58 Å². The van der Waals surface area contributed by atoms with Gasteiger partial charge in [-0.2, -0.15) is 4.31 Å². The Morgan fingerprint density at radius 2 is 1.94 bits per heavy atom. The molecular formula is C25H30N4O5S. The minimum absolute atomic E-state index is 0.166. The van der Waals surface area contributed by atoms with Crippen molar-refractivity contribution in [3.05, 3.63) is 59.9 Å². The highest BCUT2D eigenvalue weighted by atomic mass is 32.2. The molecule has 2 aromatic rings. The molecule has 2 aliphatic heterocycles. The summed E-state index contributed by atoms with van der Waals surface area (Å²) < 4.78 is 33.8. The van der Waals surface area contributed by atoms with Crippen molar-refractivity contribution >= 4 is 27.5 Å². The number of hydrogen-bond acceptors (Lipinski definition) is 5. The minimum Gasteiger partial charge on any atom is -0.354 e. The van der Waals surface area contributed by atoms with E-state index >= 15 is 0 Å². The average Bonchev–Trinajstić information content (AvgIpc) is 3.47. The average molecular weight is 499 g/mol. The van der Waals surface area contributed by atoms with Gasteiger partial charge in [0.1, 0.15) is 11.9 Å². The number of carbonyl (C=O) groups is 2. The molecule has 3 N–H and O–H groups in total. The number of hydrogen-bond donors (Lipinski definition) is 3. The van der Waals surface area contributed by atoms with Crippen molar-refractivity contribution in [1.82, 2.24) is 14.6 Å². The fourth-order valence-electron chi connectivity index (χ4n) is 5.21. The third-order valence-electron chi connectivity index (χ3n) is 7.11. The predicted octanol–water partition coefficient (Wildman–Crippen LogP) is 2.57. The lowest BCUT2D eigenvalue weighted by Gasteiger charge is -2.33. The van der Waals surface area contributed by atoms with E-state index in [2.05, 4.69) is 22.2 Å². The Morgan fingerprint density at radius 3 is 2.69 bits per heavy atom. The number of H-pyrrole nitrogens is 1. The minimum atomic E-state index is -3.71. The van der Waals surface area contributed by atoms with Gasteiger partial charge in [-0.3, -0.25) is 9.59 Å². The van der Waals surface area contributed by atoms with E-state index in [-0.39, 0.29) is 35.3 Å². The van der Waals surface area contributed by atoms with Crippen LogP contribution in [-0.2, 0) is 32.4 Å². The lowest BCUT2D eigenvalue weighted by atomic mass is 9.94. The van der Waals surface area contributed by atoms with E-state index in [1.807, 2.05) is 6.07 Å². The van der Waals surface area contributed by atoms with Crippen molar-refractivity contribution in [2.75, 3.05) is 18.4 Å². The Kier molecular flexibility index (Phi) is 6.52. The van der Waals surface area contributed by atoms with E-state index in [9.17, 15) is 18.0 Å². The second kappa shape index (κ2) is 9.60. The number of amides is 2. The van der Waals surface area contributed by atoms with E-state index < -0.39 is 16.3 Å². The van der Waals surface area contributed by atoms with Gasteiger partial charge in [-0.15, -0.1) is 0 Å². The first-order valence-corrected chi connectivity index (χ1v) is 13.5. The number of fused-ring (bicyclic) bond motifs is 2. The molecule has 3 atom stereocenters. The van der Waals surface area contributed by atoms with Crippen LogP contribution in [0, 0.1) is 5.92 Å². The van der Waals surface area contributed by atoms with Crippen LogP contribution in [0.3, 0.4) is 0 Å². The first kappa shape index (κ1) is 23.8. The highest BCUT2D eigenvalue weighted by Crippen LogP contribution is 2.34. The number of piperidine rings is 1. The van der Waals surface area contributed by atoms with Crippen LogP contribution in [0.5, 0.6) is 0 Å². The second-order valence-corrected chi connectivity index (χ2v) is 11.3. The third kappa shape index (κ3) is 4.91. The molecule has 2 saturated heterocycles. The van der Waals surface area contributed by atoms with E-state index in [4.69, 9.17) is 4.74 Å². The maximum Gasteiger partial charge on any atom is 0.272 e. The first-order valence-electron chi connectivity index (χ1n) is 12.0. The van der Waals surface area contributed by atoms with E-state index in [0.717, 1.165) is 31.4 Å². The Morgan fingerprint density at radius 1 is 1.17 bits per heavy atom. The summed E-state index contributed by atoms with van der Waals surface area (Å²) in [5.74, 6) is -0.345. The highest BCUT2D eigenvalue weighted by Gasteiger charge is 2.42. The van der Waals surface area contributed by atoms with Crippen LogP contribution >= 0.6 is 0 Å². The standard InChI is InChI=1S/C25H30N4O5S/c1-2-23(30)28-24-14-17-11-12-29(15-22(17)34-24)35(32,33)19-9-7-18(8-10-19)26-25(31)21-13-16-5-3-4-6-20(16)27-21/h2,7-10,13,17,22,24,27H,1,3-6,11-12,14-15H2,(H,26,31)(H,28,30). The van der Waals surface area contributed by atoms with Crippen LogP contribution in [0.2, 0.25) is 0 Å². The molecule has 3 aliphatic rings. The lowest BCUT2D eigenvalue weighted by molar-refractivity contribution is -0.120.